The molecule has 0 aliphatic carbocycles. The van der Waals surface area contributed by atoms with Crippen molar-refractivity contribution in [1.82, 2.24) is 4.90 Å². The number of hydrogen-bond acceptors (Lipinski definition) is 2. The summed E-state index contributed by atoms with van der Waals surface area (Å²) < 4.78 is 4.94. The van der Waals surface area contributed by atoms with Gasteiger partial charge < -0.3 is 9.64 Å². The van der Waals surface area contributed by atoms with Gasteiger partial charge in [0.1, 0.15) is 0 Å². The van der Waals surface area contributed by atoms with Crippen molar-refractivity contribution in [3.8, 4) is 0 Å². The first-order chi connectivity index (χ1) is 5.24. The van der Waals surface area contributed by atoms with Crippen LogP contribution in [0, 0.1) is 5.92 Å². The normalized spacial score (nSPS) is 24.7. The van der Waals surface area contributed by atoms with E-state index in [0.29, 0.717) is 12.3 Å². The van der Waals surface area contributed by atoms with Crippen molar-refractivity contribution in [1.29, 1.82) is 0 Å². The number of likely N-dealkylation sites (tertiary alicyclic amines) is 1. The van der Waals surface area contributed by atoms with Gasteiger partial charge in [-0.05, 0) is 12.3 Å². The van der Waals surface area contributed by atoms with Crippen molar-refractivity contribution in [3.05, 3.63) is 0 Å². The van der Waals surface area contributed by atoms with Gasteiger partial charge in [-0.2, -0.15) is 0 Å². The van der Waals surface area contributed by atoms with Gasteiger partial charge >= 0.3 is 0 Å². The average Bonchev–Trinajstić information content (AvgIpc) is 2.28. The van der Waals surface area contributed by atoms with E-state index in [1.54, 1.807) is 12.0 Å². The zero-order chi connectivity index (χ0) is 8.27. The van der Waals surface area contributed by atoms with Gasteiger partial charge in [0, 0.05) is 33.7 Å². The molecule has 3 nitrogen and oxygen atoms in total. The van der Waals surface area contributed by atoms with E-state index >= 15 is 0 Å². The van der Waals surface area contributed by atoms with Crippen LogP contribution in [0.4, 0.5) is 0 Å². The van der Waals surface area contributed by atoms with Crippen LogP contribution in [0.15, 0.2) is 0 Å². The highest BCUT2D eigenvalue weighted by atomic mass is 16.5. The SMILES string of the molecule is COCCC1CC(=O)N(C)C1. The lowest BCUT2D eigenvalue weighted by Crippen LogP contribution is -2.19. The second-order valence-electron chi connectivity index (χ2n) is 3.13. The summed E-state index contributed by atoms with van der Waals surface area (Å²) in [5.41, 5.74) is 0. The molecule has 0 aromatic carbocycles. The summed E-state index contributed by atoms with van der Waals surface area (Å²) in [6.07, 6.45) is 1.71. The van der Waals surface area contributed by atoms with Crippen LogP contribution in [0.3, 0.4) is 0 Å². The first kappa shape index (κ1) is 8.53. The first-order valence-corrected chi connectivity index (χ1v) is 3.97. The Morgan fingerprint density at radius 1 is 1.73 bits per heavy atom. The van der Waals surface area contributed by atoms with Crippen LogP contribution in [0.5, 0.6) is 0 Å². The molecule has 1 rings (SSSR count). The molecule has 0 spiro atoms. The number of carbonyl (C=O) groups excluding carboxylic acids is 1. The summed E-state index contributed by atoms with van der Waals surface area (Å²) in [5, 5.41) is 0. The quantitative estimate of drug-likeness (QED) is 0.597. The van der Waals surface area contributed by atoms with Crippen LogP contribution in [-0.4, -0.2) is 38.1 Å². The van der Waals surface area contributed by atoms with Gasteiger partial charge in [-0.1, -0.05) is 0 Å². The average molecular weight is 157 g/mol. The Labute approximate surface area is 67.3 Å². The number of nitrogens with zero attached hydrogens (tertiary/aromatic N) is 1. The number of rotatable bonds is 3. The Bertz CT molecular complexity index is 147. The Balaban J connectivity index is 2.24. The van der Waals surface area contributed by atoms with Crippen LogP contribution < -0.4 is 0 Å². The maximum atomic E-state index is 11.0. The molecule has 1 heterocycles. The lowest BCUT2D eigenvalue weighted by atomic mass is 10.1. The Morgan fingerprint density at radius 2 is 2.45 bits per heavy atom. The molecule has 0 bridgehead atoms. The van der Waals surface area contributed by atoms with Crippen molar-refractivity contribution in [2.45, 2.75) is 12.8 Å². The lowest BCUT2D eigenvalue weighted by Gasteiger charge is -2.08. The van der Waals surface area contributed by atoms with Crippen LogP contribution in [0.1, 0.15) is 12.8 Å². The van der Waals surface area contributed by atoms with E-state index in [9.17, 15) is 4.79 Å². The zero-order valence-corrected chi connectivity index (χ0v) is 7.17. The molecule has 3 heteroatoms. The maximum absolute atomic E-state index is 11.0. The molecule has 1 aliphatic heterocycles. The van der Waals surface area contributed by atoms with Crippen LogP contribution >= 0.6 is 0 Å². The fourth-order valence-electron chi connectivity index (χ4n) is 1.43. The van der Waals surface area contributed by atoms with E-state index in [2.05, 4.69) is 0 Å². The topological polar surface area (TPSA) is 29.5 Å². The maximum Gasteiger partial charge on any atom is 0.222 e. The van der Waals surface area contributed by atoms with E-state index < -0.39 is 0 Å². The van der Waals surface area contributed by atoms with Crippen LogP contribution in [0.2, 0.25) is 0 Å². The molecule has 0 aromatic heterocycles. The molecular weight excluding hydrogens is 142 g/mol. The minimum atomic E-state index is 0.270. The van der Waals surface area contributed by atoms with Gasteiger partial charge in [-0.3, -0.25) is 4.79 Å². The molecule has 0 saturated carbocycles. The van der Waals surface area contributed by atoms with E-state index in [1.165, 1.54) is 0 Å². The van der Waals surface area contributed by atoms with E-state index in [-0.39, 0.29) is 5.91 Å². The number of ether oxygens (including phenoxy) is 1. The fourth-order valence-corrected chi connectivity index (χ4v) is 1.43. The number of methoxy groups -OCH3 is 1. The van der Waals surface area contributed by atoms with Crippen molar-refractivity contribution >= 4 is 5.91 Å². The number of amides is 1. The molecule has 0 N–H and O–H groups in total. The predicted molar refractivity (Wildman–Crippen MR) is 42.2 cm³/mol. The van der Waals surface area contributed by atoms with Crippen molar-refractivity contribution < 1.29 is 9.53 Å². The smallest absolute Gasteiger partial charge is 0.222 e. The van der Waals surface area contributed by atoms with Gasteiger partial charge in [-0.15, -0.1) is 0 Å². The second-order valence-corrected chi connectivity index (χ2v) is 3.13. The van der Waals surface area contributed by atoms with Crippen molar-refractivity contribution in [2.75, 3.05) is 27.3 Å². The summed E-state index contributed by atoms with van der Waals surface area (Å²) in [7, 11) is 3.55. The monoisotopic (exact) mass is 157 g/mol. The minimum absolute atomic E-state index is 0.270. The van der Waals surface area contributed by atoms with Crippen LogP contribution in [0.25, 0.3) is 0 Å². The number of carbonyl (C=O) groups is 1. The van der Waals surface area contributed by atoms with E-state index in [0.717, 1.165) is 19.6 Å². The highest BCUT2D eigenvalue weighted by molar-refractivity contribution is 5.78. The summed E-state index contributed by atoms with van der Waals surface area (Å²) >= 11 is 0. The van der Waals surface area contributed by atoms with Gasteiger partial charge in [0.25, 0.3) is 0 Å². The molecule has 1 aliphatic rings. The predicted octanol–water partition coefficient (Wildman–Crippen LogP) is 0.501. The van der Waals surface area contributed by atoms with Gasteiger partial charge in [-0.25, -0.2) is 0 Å². The molecule has 1 unspecified atom stereocenters. The fraction of sp³-hybridized carbons (Fsp3) is 0.875. The Kier molecular flexibility index (Phi) is 2.88. The third-order valence-corrected chi connectivity index (χ3v) is 2.15. The van der Waals surface area contributed by atoms with Crippen LogP contribution in [-0.2, 0) is 9.53 Å². The van der Waals surface area contributed by atoms with Crippen molar-refractivity contribution in [3.63, 3.8) is 0 Å². The summed E-state index contributed by atoms with van der Waals surface area (Å²) in [5.74, 6) is 0.790. The van der Waals surface area contributed by atoms with Gasteiger partial charge in [0.05, 0.1) is 0 Å². The zero-order valence-electron chi connectivity index (χ0n) is 7.17. The van der Waals surface area contributed by atoms with E-state index in [1.807, 2.05) is 7.05 Å². The molecule has 0 radical (unpaired) electrons. The standard InChI is InChI=1S/C8H15NO2/c1-9-6-7(3-4-11-2)5-8(9)10/h7H,3-6H2,1-2H3. The summed E-state index contributed by atoms with van der Waals surface area (Å²) in [4.78, 5) is 12.8. The minimum Gasteiger partial charge on any atom is -0.385 e. The highest BCUT2D eigenvalue weighted by Gasteiger charge is 2.25. The Hall–Kier alpha value is -0.570. The Morgan fingerprint density at radius 3 is 2.91 bits per heavy atom. The molecule has 64 valence electrons. The summed E-state index contributed by atoms with van der Waals surface area (Å²) in [6.45, 7) is 1.67. The molecule has 1 fully saturated rings. The third-order valence-electron chi connectivity index (χ3n) is 2.15. The molecule has 11 heavy (non-hydrogen) atoms. The first-order valence-electron chi connectivity index (χ1n) is 3.97. The lowest BCUT2D eigenvalue weighted by molar-refractivity contribution is -0.126. The molecular formula is C8H15NO2. The second kappa shape index (κ2) is 3.72. The molecule has 1 saturated heterocycles. The highest BCUT2D eigenvalue weighted by Crippen LogP contribution is 2.18. The molecule has 0 aromatic rings. The number of hydrogen-bond donors (Lipinski definition) is 0. The van der Waals surface area contributed by atoms with Gasteiger partial charge in [0.2, 0.25) is 5.91 Å². The largest absolute Gasteiger partial charge is 0.385 e. The molecule has 1 amide bonds. The third kappa shape index (κ3) is 2.19. The summed E-state index contributed by atoms with van der Waals surface area (Å²) in [6, 6.07) is 0. The molecule has 1 atom stereocenters. The van der Waals surface area contributed by atoms with E-state index in [4.69, 9.17) is 4.74 Å². The van der Waals surface area contributed by atoms with Gasteiger partial charge in [0.15, 0.2) is 0 Å². The van der Waals surface area contributed by atoms with Crippen molar-refractivity contribution in [2.24, 2.45) is 5.92 Å².